The number of aromatic nitrogens is 2. The summed E-state index contributed by atoms with van der Waals surface area (Å²) in [6.07, 6.45) is 4.81. The van der Waals surface area contributed by atoms with Gasteiger partial charge in [0, 0.05) is 24.0 Å². The molecule has 0 aliphatic carbocycles. The van der Waals surface area contributed by atoms with Crippen LogP contribution < -0.4 is 11.3 Å². The largest absolute Gasteiger partial charge is 0.333 e. The highest BCUT2D eigenvalue weighted by Gasteiger charge is 2.17. The quantitative estimate of drug-likeness (QED) is 0.644. The van der Waals surface area contributed by atoms with Gasteiger partial charge in [0.1, 0.15) is 11.9 Å². The van der Waals surface area contributed by atoms with E-state index in [-0.39, 0.29) is 6.04 Å². The van der Waals surface area contributed by atoms with Crippen molar-refractivity contribution in [2.24, 2.45) is 5.84 Å². The fraction of sp³-hybridized carbons (Fsp3) is 0.308. The third kappa shape index (κ3) is 2.72. The molecule has 18 heavy (non-hydrogen) atoms. The van der Waals surface area contributed by atoms with Crippen LogP contribution in [0.2, 0.25) is 5.02 Å². The van der Waals surface area contributed by atoms with E-state index in [0.717, 1.165) is 24.4 Å². The zero-order chi connectivity index (χ0) is 13.0. The van der Waals surface area contributed by atoms with Crippen molar-refractivity contribution in [1.82, 2.24) is 15.0 Å². The van der Waals surface area contributed by atoms with Gasteiger partial charge in [0.05, 0.1) is 0 Å². The summed E-state index contributed by atoms with van der Waals surface area (Å²) in [7, 11) is 0. The third-order valence-corrected chi connectivity index (χ3v) is 3.05. The minimum Gasteiger partial charge on any atom is -0.333 e. The molecule has 1 aromatic heterocycles. The Bertz CT molecular complexity index is 509. The summed E-state index contributed by atoms with van der Waals surface area (Å²) in [4.78, 5) is 4.39. The average Bonchev–Trinajstić information content (AvgIpc) is 2.79. The van der Waals surface area contributed by atoms with Crippen LogP contribution in [-0.2, 0) is 6.54 Å². The molecule has 2 rings (SSSR count). The molecule has 0 aliphatic heterocycles. The van der Waals surface area contributed by atoms with Gasteiger partial charge in [0.2, 0.25) is 0 Å². The lowest BCUT2D eigenvalue weighted by Gasteiger charge is -2.17. The van der Waals surface area contributed by atoms with Crippen LogP contribution >= 0.6 is 11.6 Å². The average molecular weight is 265 g/mol. The van der Waals surface area contributed by atoms with Crippen molar-refractivity contribution in [3.05, 3.63) is 53.1 Å². The number of imidazole rings is 1. The monoisotopic (exact) mass is 264 g/mol. The molecule has 2 aromatic rings. The van der Waals surface area contributed by atoms with Crippen molar-refractivity contribution in [3.63, 3.8) is 0 Å². The number of hydrogen-bond donors (Lipinski definition) is 2. The first-order valence-corrected chi connectivity index (χ1v) is 6.36. The number of nitrogens with zero attached hydrogens (tertiary/aromatic N) is 2. The van der Waals surface area contributed by atoms with E-state index in [1.54, 1.807) is 6.20 Å². The fourth-order valence-corrected chi connectivity index (χ4v) is 2.22. The van der Waals surface area contributed by atoms with Crippen molar-refractivity contribution >= 4 is 11.6 Å². The molecule has 1 aromatic carbocycles. The van der Waals surface area contributed by atoms with Gasteiger partial charge in [0.25, 0.3) is 0 Å². The maximum atomic E-state index is 6.01. The first-order chi connectivity index (χ1) is 8.76. The summed E-state index contributed by atoms with van der Waals surface area (Å²) >= 11 is 6.01. The maximum Gasteiger partial charge on any atom is 0.131 e. The van der Waals surface area contributed by atoms with Crippen LogP contribution in [-0.4, -0.2) is 9.55 Å². The first-order valence-electron chi connectivity index (χ1n) is 5.99. The van der Waals surface area contributed by atoms with Crippen molar-refractivity contribution in [3.8, 4) is 0 Å². The molecule has 5 heteroatoms. The number of hydrazine groups is 1. The van der Waals surface area contributed by atoms with E-state index in [1.165, 1.54) is 0 Å². The zero-order valence-electron chi connectivity index (χ0n) is 10.3. The number of hydrogen-bond acceptors (Lipinski definition) is 3. The standard InChI is InChI=1S/C13H17ClN4/c1-2-7-18-8-6-16-13(18)12(17-15)10-4-3-5-11(14)9-10/h3-6,8-9,12,17H,2,7,15H2,1H3. The van der Waals surface area contributed by atoms with Gasteiger partial charge in [-0.05, 0) is 24.1 Å². The molecule has 0 spiro atoms. The van der Waals surface area contributed by atoms with Crippen LogP contribution in [0.15, 0.2) is 36.7 Å². The highest BCUT2D eigenvalue weighted by Crippen LogP contribution is 2.22. The maximum absolute atomic E-state index is 6.01. The van der Waals surface area contributed by atoms with Crippen molar-refractivity contribution < 1.29 is 0 Å². The molecule has 0 saturated heterocycles. The lowest BCUT2D eigenvalue weighted by atomic mass is 10.1. The molecule has 96 valence electrons. The summed E-state index contributed by atoms with van der Waals surface area (Å²) in [5, 5.41) is 0.696. The van der Waals surface area contributed by atoms with Gasteiger partial charge < -0.3 is 4.57 Å². The molecule has 0 saturated carbocycles. The molecular formula is C13H17ClN4. The molecule has 0 radical (unpaired) electrons. The van der Waals surface area contributed by atoms with Crippen LogP contribution in [0.5, 0.6) is 0 Å². The van der Waals surface area contributed by atoms with Crippen molar-refractivity contribution in [2.45, 2.75) is 25.9 Å². The molecule has 0 fully saturated rings. The summed E-state index contributed by atoms with van der Waals surface area (Å²) in [5.74, 6) is 6.57. The van der Waals surface area contributed by atoms with E-state index in [1.807, 2.05) is 30.5 Å². The summed E-state index contributed by atoms with van der Waals surface area (Å²) in [6.45, 7) is 3.06. The van der Waals surface area contributed by atoms with Crippen LogP contribution in [0.3, 0.4) is 0 Å². The van der Waals surface area contributed by atoms with Gasteiger partial charge in [0.15, 0.2) is 0 Å². The van der Waals surface area contributed by atoms with E-state index >= 15 is 0 Å². The third-order valence-electron chi connectivity index (χ3n) is 2.82. The molecule has 1 atom stereocenters. The van der Waals surface area contributed by atoms with Crippen molar-refractivity contribution in [2.75, 3.05) is 0 Å². The second-order valence-electron chi connectivity index (χ2n) is 4.13. The SMILES string of the molecule is CCCn1ccnc1C(NN)c1cccc(Cl)c1. The van der Waals surface area contributed by atoms with E-state index in [0.29, 0.717) is 5.02 Å². The van der Waals surface area contributed by atoms with E-state index in [9.17, 15) is 0 Å². The van der Waals surface area contributed by atoms with Crippen LogP contribution in [0.4, 0.5) is 0 Å². The molecule has 0 amide bonds. The number of benzene rings is 1. The van der Waals surface area contributed by atoms with E-state index in [4.69, 9.17) is 17.4 Å². The number of aryl methyl sites for hydroxylation is 1. The number of rotatable bonds is 5. The molecule has 4 nitrogen and oxygen atoms in total. The van der Waals surface area contributed by atoms with Gasteiger partial charge >= 0.3 is 0 Å². The Kier molecular flexibility index (Phi) is 4.36. The molecule has 0 bridgehead atoms. The van der Waals surface area contributed by atoms with Gasteiger partial charge in [-0.15, -0.1) is 0 Å². The summed E-state index contributed by atoms with van der Waals surface area (Å²) in [6, 6.07) is 7.50. The highest BCUT2D eigenvalue weighted by molar-refractivity contribution is 6.30. The molecule has 1 unspecified atom stereocenters. The van der Waals surface area contributed by atoms with Crippen molar-refractivity contribution in [1.29, 1.82) is 0 Å². The number of halogens is 1. The molecule has 0 aliphatic rings. The van der Waals surface area contributed by atoms with E-state index in [2.05, 4.69) is 21.9 Å². The lowest BCUT2D eigenvalue weighted by Crippen LogP contribution is -2.31. The highest BCUT2D eigenvalue weighted by atomic mass is 35.5. The Hall–Kier alpha value is -1.36. The van der Waals surface area contributed by atoms with Gasteiger partial charge in [-0.3, -0.25) is 5.84 Å². The molecule has 3 N–H and O–H groups in total. The Morgan fingerprint density at radius 3 is 3.00 bits per heavy atom. The summed E-state index contributed by atoms with van der Waals surface area (Å²) in [5.41, 5.74) is 3.81. The topological polar surface area (TPSA) is 55.9 Å². The predicted molar refractivity (Wildman–Crippen MR) is 73.1 cm³/mol. The van der Waals surface area contributed by atoms with Crippen LogP contribution in [0.25, 0.3) is 0 Å². The van der Waals surface area contributed by atoms with Gasteiger partial charge in [-0.25, -0.2) is 10.4 Å². The predicted octanol–water partition coefficient (Wildman–Crippen LogP) is 2.50. The Balaban J connectivity index is 2.36. The van der Waals surface area contributed by atoms with Gasteiger partial charge in [-0.2, -0.15) is 0 Å². The first kappa shape index (κ1) is 13.1. The Morgan fingerprint density at radius 1 is 1.50 bits per heavy atom. The Labute approximate surface area is 112 Å². The lowest BCUT2D eigenvalue weighted by molar-refractivity contribution is 0.545. The second-order valence-corrected chi connectivity index (χ2v) is 4.57. The summed E-state index contributed by atoms with van der Waals surface area (Å²) < 4.78 is 2.10. The van der Waals surface area contributed by atoms with Gasteiger partial charge in [-0.1, -0.05) is 30.7 Å². The van der Waals surface area contributed by atoms with E-state index < -0.39 is 0 Å². The fourth-order valence-electron chi connectivity index (χ4n) is 2.02. The minimum absolute atomic E-state index is 0.148. The number of nitrogens with two attached hydrogens (primary N) is 1. The normalized spacial score (nSPS) is 12.6. The van der Waals surface area contributed by atoms with Crippen LogP contribution in [0.1, 0.15) is 30.8 Å². The smallest absolute Gasteiger partial charge is 0.131 e. The van der Waals surface area contributed by atoms with Crippen LogP contribution in [0, 0.1) is 0 Å². The number of nitrogens with one attached hydrogen (secondary N) is 1. The Morgan fingerprint density at radius 2 is 2.33 bits per heavy atom. The molecular weight excluding hydrogens is 248 g/mol. The zero-order valence-corrected chi connectivity index (χ0v) is 11.1. The molecule has 1 heterocycles. The second kappa shape index (κ2) is 6.00. The minimum atomic E-state index is -0.148.